The van der Waals surface area contributed by atoms with Gasteiger partial charge in [0.1, 0.15) is 0 Å². The molecular weight excluding hydrogens is 571 g/mol. The van der Waals surface area contributed by atoms with Crippen molar-refractivity contribution in [1.29, 1.82) is 0 Å². The maximum atomic E-state index is 13.3. The van der Waals surface area contributed by atoms with Crippen molar-refractivity contribution in [2.24, 2.45) is 0 Å². The van der Waals surface area contributed by atoms with E-state index in [2.05, 4.69) is 11.3 Å². The van der Waals surface area contributed by atoms with E-state index in [0.29, 0.717) is 24.0 Å². The van der Waals surface area contributed by atoms with E-state index < -0.39 is 37.8 Å². The van der Waals surface area contributed by atoms with E-state index in [9.17, 15) is 34.8 Å². The van der Waals surface area contributed by atoms with Crippen molar-refractivity contribution in [3.8, 4) is 0 Å². The monoisotopic (exact) mass is 603 g/mol. The predicted octanol–water partition coefficient (Wildman–Crippen LogP) is 3.14. The van der Waals surface area contributed by atoms with Crippen LogP contribution in [0.4, 0.5) is 13.2 Å². The van der Waals surface area contributed by atoms with Crippen molar-refractivity contribution < 1.29 is 39.5 Å². The van der Waals surface area contributed by atoms with E-state index in [1.807, 2.05) is 0 Å². The number of nitrogens with zero attached hydrogens (tertiary/aromatic N) is 2. The summed E-state index contributed by atoms with van der Waals surface area (Å²) >= 11 is 0. The summed E-state index contributed by atoms with van der Waals surface area (Å²) < 4.78 is 97.2. The van der Waals surface area contributed by atoms with Crippen LogP contribution in [0.2, 0.25) is 0 Å². The summed E-state index contributed by atoms with van der Waals surface area (Å²) in [7, 11) is -6.13. The lowest BCUT2D eigenvalue weighted by molar-refractivity contribution is -0.137. The molecule has 2 aromatic rings. The third-order valence-corrected chi connectivity index (χ3v) is 9.49. The zero-order valence-corrected chi connectivity index (χ0v) is 23.6. The largest absolute Gasteiger partial charge is 0.416 e. The SMILES string of the molecule is C=CS(=O)(=O)NC[C@@H]1CCCN1S(=O)(=O)c1ccc(CC(=O)N(CCOC)Cc2ccc(C(F)(F)F)cc2)cc1. The van der Waals surface area contributed by atoms with Gasteiger partial charge in [-0.05, 0) is 48.2 Å². The van der Waals surface area contributed by atoms with Crippen LogP contribution in [0.3, 0.4) is 0 Å². The highest BCUT2D eigenvalue weighted by atomic mass is 32.2. The van der Waals surface area contributed by atoms with Crippen molar-refractivity contribution in [1.82, 2.24) is 13.9 Å². The number of ether oxygens (including phenoxy) is 1. The van der Waals surface area contributed by atoms with Crippen LogP contribution in [0, 0.1) is 0 Å². The van der Waals surface area contributed by atoms with Gasteiger partial charge in [-0.1, -0.05) is 30.8 Å². The van der Waals surface area contributed by atoms with Crippen LogP contribution in [-0.4, -0.2) is 71.3 Å². The number of halogens is 3. The third kappa shape index (κ3) is 8.36. The second-order valence-corrected chi connectivity index (χ2v) is 12.9. The van der Waals surface area contributed by atoms with E-state index in [4.69, 9.17) is 4.74 Å². The highest BCUT2D eigenvalue weighted by molar-refractivity contribution is 7.92. The number of hydrogen-bond acceptors (Lipinski definition) is 6. The van der Waals surface area contributed by atoms with Crippen molar-refractivity contribution in [2.45, 2.75) is 42.9 Å². The number of alkyl halides is 3. The van der Waals surface area contributed by atoms with Gasteiger partial charge >= 0.3 is 6.18 Å². The zero-order chi connectivity index (χ0) is 29.6. The van der Waals surface area contributed by atoms with E-state index in [1.54, 1.807) is 0 Å². The summed E-state index contributed by atoms with van der Waals surface area (Å²) in [5.41, 5.74) is 0.296. The fraction of sp³-hybridized carbons (Fsp3) is 0.423. The van der Waals surface area contributed by atoms with Gasteiger partial charge in [0.15, 0.2) is 0 Å². The minimum Gasteiger partial charge on any atom is -0.383 e. The summed E-state index contributed by atoms with van der Waals surface area (Å²) in [4.78, 5) is 14.5. The first-order valence-corrected chi connectivity index (χ1v) is 15.4. The smallest absolute Gasteiger partial charge is 0.383 e. The van der Waals surface area contributed by atoms with E-state index in [0.717, 1.165) is 17.5 Å². The average Bonchev–Trinajstić information content (AvgIpc) is 3.40. The number of carbonyl (C=O) groups is 1. The number of methoxy groups -OCH3 is 1. The first kappa shape index (κ1) is 31.7. The molecule has 0 radical (unpaired) electrons. The first-order chi connectivity index (χ1) is 18.8. The van der Waals surface area contributed by atoms with Crippen LogP contribution < -0.4 is 4.72 Å². The van der Waals surface area contributed by atoms with Crippen LogP contribution in [0.15, 0.2) is 65.4 Å². The van der Waals surface area contributed by atoms with Gasteiger partial charge in [0.2, 0.25) is 26.0 Å². The lowest BCUT2D eigenvalue weighted by Crippen LogP contribution is -2.42. The molecule has 1 N–H and O–H groups in total. The molecule has 14 heteroatoms. The maximum absolute atomic E-state index is 13.3. The molecule has 0 aliphatic carbocycles. The number of rotatable bonds is 13. The van der Waals surface area contributed by atoms with E-state index in [-0.39, 0.29) is 50.0 Å². The zero-order valence-electron chi connectivity index (χ0n) is 21.9. The molecule has 0 spiro atoms. The third-order valence-electron chi connectivity index (χ3n) is 6.52. The van der Waals surface area contributed by atoms with Crippen molar-refractivity contribution >= 4 is 26.0 Å². The molecule has 2 aromatic carbocycles. The molecule has 0 bridgehead atoms. The number of hydrogen-bond donors (Lipinski definition) is 1. The van der Waals surface area contributed by atoms with Gasteiger partial charge in [0, 0.05) is 44.7 Å². The Morgan fingerprint density at radius 2 is 1.73 bits per heavy atom. The Balaban J connectivity index is 1.69. The summed E-state index contributed by atoms with van der Waals surface area (Å²) in [6.07, 6.45) is -3.42. The highest BCUT2D eigenvalue weighted by Crippen LogP contribution is 2.29. The number of sulfonamides is 2. The normalized spacial score (nSPS) is 16.6. The number of carbonyl (C=O) groups excluding carboxylic acids is 1. The van der Waals surface area contributed by atoms with Crippen LogP contribution in [0.25, 0.3) is 0 Å². The van der Waals surface area contributed by atoms with Crippen LogP contribution in [0.5, 0.6) is 0 Å². The van der Waals surface area contributed by atoms with Gasteiger partial charge in [-0.25, -0.2) is 21.6 Å². The van der Waals surface area contributed by atoms with E-state index >= 15 is 0 Å². The summed E-state index contributed by atoms with van der Waals surface area (Å²) in [5, 5.41) is 0.765. The second-order valence-electron chi connectivity index (χ2n) is 9.30. The molecule has 1 atom stereocenters. The molecule has 1 heterocycles. The molecule has 1 amide bonds. The Morgan fingerprint density at radius 1 is 1.10 bits per heavy atom. The van der Waals surface area contributed by atoms with Gasteiger partial charge in [-0.15, -0.1) is 0 Å². The molecule has 0 aromatic heterocycles. The molecule has 3 rings (SSSR count). The Bertz CT molecular complexity index is 1380. The lowest BCUT2D eigenvalue weighted by Gasteiger charge is -2.24. The lowest BCUT2D eigenvalue weighted by atomic mass is 10.1. The van der Waals surface area contributed by atoms with Gasteiger partial charge in [-0.3, -0.25) is 4.79 Å². The van der Waals surface area contributed by atoms with Crippen LogP contribution in [-0.2, 0) is 48.7 Å². The van der Waals surface area contributed by atoms with Gasteiger partial charge in [-0.2, -0.15) is 17.5 Å². The number of benzene rings is 2. The standard InChI is InChI=1S/C26H32F3N3O6S2/c1-3-39(34,35)30-18-23-5-4-14-32(23)40(36,37)24-12-8-20(9-13-24)17-25(33)31(15-16-38-2)19-21-6-10-22(11-7-21)26(27,28)29/h3,6-13,23,30H,1,4-5,14-19H2,2H3/t23-/m0/s1. The van der Waals surface area contributed by atoms with Gasteiger partial charge in [0.05, 0.1) is 23.5 Å². The van der Waals surface area contributed by atoms with Crippen molar-refractivity contribution in [2.75, 3.05) is 33.4 Å². The highest BCUT2D eigenvalue weighted by Gasteiger charge is 2.35. The minimum atomic E-state index is -4.46. The Labute approximate surface area is 232 Å². The molecule has 1 fully saturated rings. The first-order valence-electron chi connectivity index (χ1n) is 12.4. The van der Waals surface area contributed by atoms with Crippen LogP contribution >= 0.6 is 0 Å². The van der Waals surface area contributed by atoms with E-state index in [1.165, 1.54) is 52.7 Å². The quantitative estimate of drug-likeness (QED) is 0.377. The Hall–Kier alpha value is -2.78. The molecule has 1 aliphatic rings. The molecule has 9 nitrogen and oxygen atoms in total. The topological polar surface area (TPSA) is 113 Å². The van der Waals surface area contributed by atoms with Gasteiger partial charge < -0.3 is 9.64 Å². The fourth-order valence-corrected chi connectivity index (χ4v) is 6.55. The summed E-state index contributed by atoms with van der Waals surface area (Å²) in [6.45, 7) is 3.93. The molecule has 1 aliphatic heterocycles. The molecular formula is C26H32F3N3O6S2. The average molecular weight is 604 g/mol. The Kier molecular flexibility index (Phi) is 10.5. The van der Waals surface area contributed by atoms with Crippen molar-refractivity contribution in [3.05, 3.63) is 77.2 Å². The van der Waals surface area contributed by atoms with Crippen LogP contribution in [0.1, 0.15) is 29.5 Å². The summed E-state index contributed by atoms with van der Waals surface area (Å²) in [5.74, 6) is -0.304. The predicted molar refractivity (Wildman–Crippen MR) is 143 cm³/mol. The molecule has 220 valence electrons. The number of nitrogens with one attached hydrogen (secondary N) is 1. The minimum absolute atomic E-state index is 0.0168. The Morgan fingerprint density at radius 3 is 2.30 bits per heavy atom. The van der Waals surface area contributed by atoms with Crippen molar-refractivity contribution in [3.63, 3.8) is 0 Å². The molecule has 1 saturated heterocycles. The fourth-order valence-electron chi connectivity index (χ4n) is 4.31. The second kappa shape index (κ2) is 13.3. The molecule has 0 saturated carbocycles. The number of amides is 1. The molecule has 40 heavy (non-hydrogen) atoms. The van der Waals surface area contributed by atoms with Gasteiger partial charge in [0.25, 0.3) is 0 Å². The molecule has 0 unspecified atom stereocenters. The maximum Gasteiger partial charge on any atom is 0.416 e. The summed E-state index contributed by atoms with van der Waals surface area (Å²) in [6, 6.07) is 9.90.